The van der Waals surface area contributed by atoms with Crippen LogP contribution in [0.25, 0.3) is 0 Å². The molecule has 0 spiro atoms. The van der Waals surface area contributed by atoms with E-state index in [2.05, 4.69) is 21.4 Å². The normalized spacial score (nSPS) is 12.5. The van der Waals surface area contributed by atoms with Crippen molar-refractivity contribution in [2.45, 2.75) is 26.6 Å². The molecule has 0 aliphatic heterocycles. The Morgan fingerprint density at radius 1 is 1.53 bits per heavy atom. The lowest BCUT2D eigenvalue weighted by Gasteiger charge is -2.09. The van der Waals surface area contributed by atoms with Crippen molar-refractivity contribution in [1.29, 1.82) is 0 Å². The molecule has 6 nitrogen and oxygen atoms in total. The van der Waals surface area contributed by atoms with E-state index >= 15 is 0 Å². The fourth-order valence-electron chi connectivity index (χ4n) is 0.687. The number of carbonyl (C=O) groups is 2. The molecule has 0 aromatic carbocycles. The number of hydrogen-bond donors (Lipinski definition) is 2. The van der Waals surface area contributed by atoms with Gasteiger partial charge in [0.15, 0.2) is 0 Å². The smallest absolute Gasteiger partial charge is 0.412 e. The fraction of sp³-hybridized carbons (Fsp3) is 0.455. The molecule has 0 rings (SSSR count). The average molecular weight is 243 g/mol. The fourth-order valence-corrected chi connectivity index (χ4v) is 0.687. The van der Waals surface area contributed by atoms with Gasteiger partial charge in [-0.1, -0.05) is 13.0 Å². The summed E-state index contributed by atoms with van der Waals surface area (Å²) in [5.41, 5.74) is 0.0752. The molecule has 17 heavy (non-hydrogen) atoms. The first-order valence-corrected chi connectivity index (χ1v) is 5.12. The second kappa shape index (κ2) is 8.35. The maximum Gasteiger partial charge on any atom is 0.412 e. The van der Waals surface area contributed by atoms with Crippen molar-refractivity contribution in [3.8, 4) is 0 Å². The summed E-state index contributed by atoms with van der Waals surface area (Å²) in [6.45, 7) is 6.75. The predicted octanol–water partition coefficient (Wildman–Crippen LogP) is 1.07. The summed E-state index contributed by atoms with van der Waals surface area (Å²) in [7, 11) is 0. The van der Waals surface area contributed by atoms with E-state index in [9.17, 15) is 9.59 Å². The zero-order chi connectivity index (χ0) is 13.3. The number of hydrogen-bond acceptors (Lipinski definition) is 5. The van der Waals surface area contributed by atoms with Crippen LogP contribution in [0, 0.1) is 0 Å². The van der Waals surface area contributed by atoms with Crippen molar-refractivity contribution in [1.82, 2.24) is 5.32 Å². The third-order valence-electron chi connectivity index (χ3n) is 1.65. The van der Waals surface area contributed by atoms with Crippen LogP contribution < -0.4 is 5.32 Å². The van der Waals surface area contributed by atoms with Crippen LogP contribution in [0.4, 0.5) is 4.79 Å². The Balaban J connectivity index is 4.11. The number of carbonyl (C=O) groups excluding carboxylic acids is 2. The van der Waals surface area contributed by atoms with E-state index < -0.39 is 18.4 Å². The summed E-state index contributed by atoms with van der Waals surface area (Å²) in [6, 6.07) is 0. The van der Waals surface area contributed by atoms with Crippen LogP contribution in [0.1, 0.15) is 20.3 Å². The summed E-state index contributed by atoms with van der Waals surface area (Å²) in [5.74, 6) is -0.740. The lowest BCUT2D eigenvalue weighted by molar-refractivity contribution is -0.163. The Labute approximate surface area is 99.9 Å². The Hall–Kier alpha value is -1.82. The molecular formula is C11H17NO5. The minimum Gasteiger partial charge on any atom is -0.433 e. The molecule has 1 atom stereocenters. The highest BCUT2D eigenvalue weighted by Gasteiger charge is 2.11. The van der Waals surface area contributed by atoms with Crippen LogP contribution in [-0.4, -0.2) is 30.0 Å². The SMILES string of the molecule is C=CCNC(=O)O/C=C(\C)C(=O)OC(O)CC. The molecular weight excluding hydrogens is 226 g/mol. The maximum absolute atomic E-state index is 11.3. The van der Waals surface area contributed by atoms with Crippen molar-refractivity contribution in [3.63, 3.8) is 0 Å². The van der Waals surface area contributed by atoms with Gasteiger partial charge in [0.05, 0.1) is 5.57 Å². The van der Waals surface area contributed by atoms with Gasteiger partial charge in [-0.15, -0.1) is 6.58 Å². The van der Waals surface area contributed by atoms with Crippen LogP contribution in [0.3, 0.4) is 0 Å². The second-order valence-electron chi connectivity index (χ2n) is 3.14. The summed E-state index contributed by atoms with van der Waals surface area (Å²) < 4.78 is 9.20. The Morgan fingerprint density at radius 3 is 2.71 bits per heavy atom. The number of aliphatic hydroxyl groups excluding tert-OH is 1. The number of nitrogens with one attached hydrogen (secondary N) is 1. The van der Waals surface area contributed by atoms with Crippen molar-refractivity contribution >= 4 is 12.1 Å². The van der Waals surface area contributed by atoms with Gasteiger partial charge in [0, 0.05) is 13.0 Å². The molecule has 0 bridgehead atoms. The van der Waals surface area contributed by atoms with Gasteiger partial charge < -0.3 is 19.9 Å². The van der Waals surface area contributed by atoms with E-state index in [1.54, 1.807) is 6.92 Å². The summed E-state index contributed by atoms with van der Waals surface area (Å²) >= 11 is 0. The average Bonchev–Trinajstić information content (AvgIpc) is 2.32. The highest BCUT2D eigenvalue weighted by atomic mass is 16.6. The second-order valence-corrected chi connectivity index (χ2v) is 3.14. The van der Waals surface area contributed by atoms with Gasteiger partial charge in [0.25, 0.3) is 0 Å². The Morgan fingerprint density at radius 2 is 2.18 bits per heavy atom. The molecule has 96 valence electrons. The van der Waals surface area contributed by atoms with E-state index in [0.29, 0.717) is 6.42 Å². The summed E-state index contributed by atoms with van der Waals surface area (Å²) in [4.78, 5) is 22.2. The minimum absolute atomic E-state index is 0.0752. The number of rotatable bonds is 6. The molecule has 0 fully saturated rings. The maximum atomic E-state index is 11.3. The van der Waals surface area contributed by atoms with Crippen LogP contribution in [0.2, 0.25) is 0 Å². The van der Waals surface area contributed by atoms with E-state index in [1.807, 2.05) is 0 Å². The molecule has 0 saturated heterocycles. The molecule has 6 heteroatoms. The summed E-state index contributed by atoms with van der Waals surface area (Å²) in [5, 5.41) is 11.4. The first-order chi connectivity index (χ1) is 8.01. The van der Waals surface area contributed by atoms with Gasteiger partial charge in [-0.2, -0.15) is 0 Å². The van der Waals surface area contributed by atoms with E-state index in [0.717, 1.165) is 6.26 Å². The minimum atomic E-state index is -1.15. The standard InChI is InChI=1S/C11H17NO5/c1-4-6-12-11(15)16-7-8(3)10(14)17-9(13)5-2/h4,7,9,13H,1,5-6H2,2-3H3,(H,12,15)/b8-7+. The highest BCUT2D eigenvalue weighted by Crippen LogP contribution is 2.02. The van der Waals surface area contributed by atoms with E-state index in [-0.39, 0.29) is 12.1 Å². The molecule has 0 heterocycles. The van der Waals surface area contributed by atoms with E-state index in [4.69, 9.17) is 5.11 Å². The Kier molecular flexibility index (Phi) is 7.45. The molecule has 0 aliphatic rings. The van der Waals surface area contributed by atoms with Crippen LogP contribution >= 0.6 is 0 Å². The lowest BCUT2D eigenvalue weighted by Crippen LogP contribution is -2.23. The largest absolute Gasteiger partial charge is 0.433 e. The van der Waals surface area contributed by atoms with E-state index in [1.165, 1.54) is 13.0 Å². The zero-order valence-electron chi connectivity index (χ0n) is 9.93. The molecule has 0 aromatic heterocycles. The molecule has 1 unspecified atom stereocenters. The number of alkyl carbamates (subject to hydrolysis) is 1. The van der Waals surface area contributed by atoms with Gasteiger partial charge in [0.2, 0.25) is 6.29 Å². The quantitative estimate of drug-likeness (QED) is 0.240. The van der Waals surface area contributed by atoms with Crippen LogP contribution in [-0.2, 0) is 14.3 Å². The molecule has 0 aromatic rings. The van der Waals surface area contributed by atoms with Gasteiger partial charge in [-0.25, -0.2) is 9.59 Å². The summed E-state index contributed by atoms with van der Waals surface area (Å²) in [6.07, 6.45) is 0.889. The van der Waals surface area contributed by atoms with Crippen molar-refractivity contribution < 1.29 is 24.2 Å². The first-order valence-electron chi connectivity index (χ1n) is 5.12. The molecule has 2 N–H and O–H groups in total. The van der Waals surface area contributed by atoms with Crippen molar-refractivity contribution in [2.75, 3.05) is 6.54 Å². The molecule has 1 amide bonds. The highest BCUT2D eigenvalue weighted by molar-refractivity contribution is 5.87. The Bertz CT molecular complexity index is 311. The van der Waals surface area contributed by atoms with Crippen molar-refractivity contribution in [2.24, 2.45) is 0 Å². The molecule has 0 saturated carbocycles. The van der Waals surface area contributed by atoms with Gasteiger partial charge in [-0.3, -0.25) is 0 Å². The van der Waals surface area contributed by atoms with Crippen LogP contribution in [0.5, 0.6) is 0 Å². The van der Waals surface area contributed by atoms with Gasteiger partial charge in [-0.05, 0) is 6.92 Å². The monoisotopic (exact) mass is 243 g/mol. The third kappa shape index (κ3) is 7.13. The number of ether oxygens (including phenoxy) is 2. The van der Waals surface area contributed by atoms with Crippen LogP contribution in [0.15, 0.2) is 24.5 Å². The molecule has 0 radical (unpaired) electrons. The lowest BCUT2D eigenvalue weighted by atomic mass is 10.3. The van der Waals surface area contributed by atoms with Crippen molar-refractivity contribution in [3.05, 3.63) is 24.5 Å². The number of aliphatic hydroxyl groups is 1. The first kappa shape index (κ1) is 15.2. The number of esters is 1. The topological polar surface area (TPSA) is 84.9 Å². The third-order valence-corrected chi connectivity index (χ3v) is 1.65. The van der Waals surface area contributed by atoms with Gasteiger partial charge in [0.1, 0.15) is 6.26 Å². The molecule has 0 aliphatic carbocycles. The zero-order valence-corrected chi connectivity index (χ0v) is 9.93. The number of amides is 1. The van der Waals surface area contributed by atoms with Gasteiger partial charge >= 0.3 is 12.1 Å². The predicted molar refractivity (Wildman–Crippen MR) is 60.8 cm³/mol.